The molecule has 2 heterocycles. The predicted molar refractivity (Wildman–Crippen MR) is 76.7 cm³/mol. The van der Waals surface area contributed by atoms with E-state index < -0.39 is 0 Å². The van der Waals surface area contributed by atoms with Crippen LogP contribution in [0, 0.1) is 5.92 Å². The minimum Gasteiger partial charge on any atom is -0.398 e. The molecule has 18 heavy (non-hydrogen) atoms. The molecule has 0 radical (unpaired) electrons. The number of fused-ring (bicyclic) bond motifs is 1. The Bertz CT molecular complexity index is 579. The van der Waals surface area contributed by atoms with Gasteiger partial charge in [-0.2, -0.15) is 0 Å². The van der Waals surface area contributed by atoms with Crippen molar-refractivity contribution in [1.82, 2.24) is 4.98 Å². The summed E-state index contributed by atoms with van der Waals surface area (Å²) >= 11 is 0. The third-order valence-electron chi connectivity index (χ3n) is 3.92. The Morgan fingerprint density at radius 1 is 1.22 bits per heavy atom. The van der Waals surface area contributed by atoms with Crippen molar-refractivity contribution < 1.29 is 0 Å². The summed E-state index contributed by atoms with van der Waals surface area (Å²) in [6, 6.07) is 6.73. The highest BCUT2D eigenvalue weighted by atomic mass is 15.2. The number of pyridine rings is 1. The van der Waals surface area contributed by atoms with Gasteiger partial charge in [-0.1, -0.05) is 6.92 Å². The monoisotopic (exact) mass is 241 g/mol. The third-order valence-corrected chi connectivity index (χ3v) is 3.92. The van der Waals surface area contributed by atoms with E-state index >= 15 is 0 Å². The van der Waals surface area contributed by atoms with Gasteiger partial charge in [0.05, 0.1) is 0 Å². The van der Waals surface area contributed by atoms with E-state index in [0.29, 0.717) is 6.04 Å². The zero-order chi connectivity index (χ0) is 12.7. The quantitative estimate of drug-likeness (QED) is 0.780. The van der Waals surface area contributed by atoms with E-state index in [1.165, 1.54) is 17.5 Å². The van der Waals surface area contributed by atoms with Crippen molar-refractivity contribution in [1.29, 1.82) is 0 Å². The second kappa shape index (κ2) is 4.16. The van der Waals surface area contributed by atoms with E-state index in [-0.39, 0.29) is 0 Å². The summed E-state index contributed by atoms with van der Waals surface area (Å²) in [6.07, 6.45) is 4.99. The van der Waals surface area contributed by atoms with Crippen molar-refractivity contribution in [3.05, 3.63) is 30.6 Å². The molecule has 3 heteroatoms. The molecule has 0 saturated carbocycles. The van der Waals surface area contributed by atoms with Crippen molar-refractivity contribution >= 4 is 22.1 Å². The zero-order valence-electron chi connectivity index (χ0n) is 10.9. The fourth-order valence-electron chi connectivity index (χ4n) is 3.08. The van der Waals surface area contributed by atoms with Crippen LogP contribution >= 0.6 is 0 Å². The molecule has 2 aromatic rings. The fraction of sp³-hybridized carbons (Fsp3) is 0.400. The van der Waals surface area contributed by atoms with E-state index in [9.17, 15) is 0 Å². The topological polar surface area (TPSA) is 42.1 Å². The number of nitrogens with two attached hydrogens (primary N) is 1. The molecule has 1 aromatic carbocycles. The summed E-state index contributed by atoms with van der Waals surface area (Å²) in [6.45, 7) is 5.73. The molecule has 1 fully saturated rings. The summed E-state index contributed by atoms with van der Waals surface area (Å²) in [5, 5.41) is 2.27. The number of aromatic nitrogens is 1. The third kappa shape index (κ3) is 1.70. The van der Waals surface area contributed by atoms with Crippen molar-refractivity contribution in [3.63, 3.8) is 0 Å². The second-order valence-electron chi connectivity index (χ2n) is 5.44. The van der Waals surface area contributed by atoms with Crippen LogP contribution in [-0.2, 0) is 0 Å². The van der Waals surface area contributed by atoms with Gasteiger partial charge >= 0.3 is 0 Å². The van der Waals surface area contributed by atoms with Gasteiger partial charge in [-0.05, 0) is 37.5 Å². The molecule has 0 aliphatic carbocycles. The predicted octanol–water partition coefficient (Wildman–Crippen LogP) is 3.05. The van der Waals surface area contributed by atoms with Crippen LogP contribution in [-0.4, -0.2) is 17.6 Å². The molecule has 0 spiro atoms. The Morgan fingerprint density at radius 2 is 2.06 bits per heavy atom. The molecule has 3 rings (SSSR count). The maximum absolute atomic E-state index is 6.04. The number of nitrogen functional groups attached to an aromatic ring is 1. The van der Waals surface area contributed by atoms with Gasteiger partial charge < -0.3 is 10.6 Å². The molecule has 0 bridgehead atoms. The number of benzene rings is 1. The van der Waals surface area contributed by atoms with Crippen molar-refractivity contribution in [2.24, 2.45) is 5.92 Å². The number of rotatable bonds is 1. The Hall–Kier alpha value is -1.77. The van der Waals surface area contributed by atoms with Crippen molar-refractivity contribution in [2.75, 3.05) is 17.2 Å². The Kier molecular flexibility index (Phi) is 2.62. The lowest BCUT2D eigenvalue weighted by Gasteiger charge is -2.25. The van der Waals surface area contributed by atoms with Crippen LogP contribution in [0.1, 0.15) is 20.3 Å². The molecule has 1 aromatic heterocycles. The van der Waals surface area contributed by atoms with Crippen LogP contribution in [0.4, 0.5) is 11.4 Å². The first-order valence-electron chi connectivity index (χ1n) is 6.55. The van der Waals surface area contributed by atoms with Gasteiger partial charge in [-0.3, -0.25) is 4.98 Å². The van der Waals surface area contributed by atoms with Crippen LogP contribution in [0.15, 0.2) is 30.6 Å². The van der Waals surface area contributed by atoms with Crippen LogP contribution in [0.2, 0.25) is 0 Å². The first-order chi connectivity index (χ1) is 8.66. The lowest BCUT2D eigenvalue weighted by Crippen LogP contribution is -2.26. The van der Waals surface area contributed by atoms with E-state index in [1.807, 2.05) is 18.3 Å². The van der Waals surface area contributed by atoms with Gasteiger partial charge in [0.2, 0.25) is 0 Å². The molecule has 3 nitrogen and oxygen atoms in total. The first-order valence-corrected chi connectivity index (χ1v) is 6.55. The number of hydrogen-bond acceptors (Lipinski definition) is 3. The van der Waals surface area contributed by atoms with Gasteiger partial charge in [-0.15, -0.1) is 0 Å². The summed E-state index contributed by atoms with van der Waals surface area (Å²) in [7, 11) is 0. The smallest absolute Gasteiger partial charge is 0.0465 e. The maximum atomic E-state index is 6.04. The number of hydrogen-bond donors (Lipinski definition) is 1. The highest BCUT2D eigenvalue weighted by molar-refractivity contribution is 6.00. The minimum atomic E-state index is 0.590. The van der Waals surface area contributed by atoms with E-state index in [4.69, 9.17) is 5.73 Å². The lowest BCUT2D eigenvalue weighted by molar-refractivity contribution is 0.625. The van der Waals surface area contributed by atoms with Crippen molar-refractivity contribution in [3.8, 4) is 0 Å². The Morgan fingerprint density at radius 3 is 2.78 bits per heavy atom. The summed E-state index contributed by atoms with van der Waals surface area (Å²) in [5.74, 6) is 0.754. The average molecular weight is 241 g/mol. The molecule has 1 saturated heterocycles. The highest BCUT2D eigenvalue weighted by Gasteiger charge is 2.27. The molecular formula is C15H19N3. The van der Waals surface area contributed by atoms with Crippen LogP contribution in [0.5, 0.6) is 0 Å². The summed E-state index contributed by atoms with van der Waals surface area (Å²) in [5.41, 5.74) is 8.14. The largest absolute Gasteiger partial charge is 0.398 e. The number of anilines is 2. The molecular weight excluding hydrogens is 222 g/mol. The highest BCUT2D eigenvalue weighted by Crippen LogP contribution is 2.35. The molecule has 1 aliphatic heterocycles. The minimum absolute atomic E-state index is 0.590. The number of nitrogens with zero attached hydrogens (tertiary/aromatic N) is 2. The van der Waals surface area contributed by atoms with Crippen molar-refractivity contribution in [2.45, 2.75) is 26.3 Å². The van der Waals surface area contributed by atoms with E-state index in [0.717, 1.165) is 23.5 Å². The maximum Gasteiger partial charge on any atom is 0.0465 e. The summed E-state index contributed by atoms with van der Waals surface area (Å²) < 4.78 is 0. The van der Waals surface area contributed by atoms with Gasteiger partial charge in [0.15, 0.2) is 0 Å². The van der Waals surface area contributed by atoms with E-state index in [2.05, 4.69) is 29.8 Å². The van der Waals surface area contributed by atoms with E-state index in [1.54, 1.807) is 6.20 Å². The fourth-order valence-corrected chi connectivity index (χ4v) is 3.08. The van der Waals surface area contributed by atoms with Gasteiger partial charge in [0, 0.05) is 47.1 Å². The molecule has 0 amide bonds. The first kappa shape index (κ1) is 11.3. The standard InChI is InChI=1S/C15H19N3/c1-10-7-11(2)18(9-10)15-4-3-14(16)12-5-6-17-8-13(12)15/h3-6,8,10-11H,7,9,16H2,1-2H3. The van der Waals surface area contributed by atoms with Gasteiger partial charge in [-0.25, -0.2) is 0 Å². The molecule has 2 N–H and O–H groups in total. The molecule has 2 atom stereocenters. The molecule has 1 aliphatic rings. The van der Waals surface area contributed by atoms with Gasteiger partial charge in [0.1, 0.15) is 0 Å². The Balaban J connectivity index is 2.15. The zero-order valence-corrected chi connectivity index (χ0v) is 10.9. The SMILES string of the molecule is CC1CC(C)N(c2ccc(N)c3ccncc23)C1. The molecule has 94 valence electrons. The summed E-state index contributed by atoms with van der Waals surface area (Å²) in [4.78, 5) is 6.73. The normalized spacial score (nSPS) is 23.8. The second-order valence-corrected chi connectivity index (χ2v) is 5.44. The molecule has 2 unspecified atom stereocenters. The van der Waals surface area contributed by atoms with Crippen LogP contribution in [0.3, 0.4) is 0 Å². The van der Waals surface area contributed by atoms with Crippen LogP contribution in [0.25, 0.3) is 10.8 Å². The van der Waals surface area contributed by atoms with Crippen LogP contribution < -0.4 is 10.6 Å². The lowest BCUT2D eigenvalue weighted by atomic mass is 10.1. The van der Waals surface area contributed by atoms with Gasteiger partial charge in [0.25, 0.3) is 0 Å². The average Bonchev–Trinajstić information content (AvgIpc) is 2.69. The Labute approximate surface area is 108 Å².